The summed E-state index contributed by atoms with van der Waals surface area (Å²) in [5.41, 5.74) is 7.78. The SMILES string of the molecule is C=COCCCNC(=O)c1cc(C)ccc1N. The number of anilines is 1. The van der Waals surface area contributed by atoms with Gasteiger partial charge in [0, 0.05) is 12.2 Å². The van der Waals surface area contributed by atoms with Crippen molar-refractivity contribution in [3.8, 4) is 0 Å². The Hall–Kier alpha value is -1.97. The Bertz CT molecular complexity index is 402. The minimum atomic E-state index is -0.148. The van der Waals surface area contributed by atoms with Crippen LogP contribution in [-0.2, 0) is 4.74 Å². The highest BCUT2D eigenvalue weighted by Crippen LogP contribution is 2.13. The van der Waals surface area contributed by atoms with Crippen LogP contribution in [0, 0.1) is 6.92 Å². The number of nitrogen functional groups attached to an aromatic ring is 1. The van der Waals surface area contributed by atoms with Crippen molar-refractivity contribution in [1.82, 2.24) is 5.32 Å². The number of nitrogens with two attached hydrogens (primary N) is 1. The predicted octanol–water partition coefficient (Wildman–Crippen LogP) is 1.86. The molecule has 4 nitrogen and oxygen atoms in total. The lowest BCUT2D eigenvalue weighted by Gasteiger charge is -2.08. The summed E-state index contributed by atoms with van der Waals surface area (Å²) in [5, 5.41) is 2.79. The van der Waals surface area contributed by atoms with Crippen LogP contribution in [0.4, 0.5) is 5.69 Å². The minimum Gasteiger partial charge on any atom is -0.502 e. The van der Waals surface area contributed by atoms with Crippen molar-refractivity contribution in [2.24, 2.45) is 0 Å². The van der Waals surface area contributed by atoms with Crippen molar-refractivity contribution < 1.29 is 9.53 Å². The van der Waals surface area contributed by atoms with Crippen molar-refractivity contribution in [3.05, 3.63) is 42.2 Å². The standard InChI is InChI=1S/C13H18N2O2/c1-3-17-8-4-7-15-13(16)11-9-10(2)5-6-12(11)14/h3,5-6,9H,1,4,7-8,14H2,2H3,(H,15,16). The maximum atomic E-state index is 11.8. The fourth-order valence-corrected chi connectivity index (χ4v) is 1.40. The molecular weight excluding hydrogens is 216 g/mol. The fraction of sp³-hybridized carbons (Fsp3) is 0.308. The van der Waals surface area contributed by atoms with E-state index in [0.717, 1.165) is 12.0 Å². The van der Waals surface area contributed by atoms with E-state index in [-0.39, 0.29) is 5.91 Å². The summed E-state index contributed by atoms with van der Waals surface area (Å²) in [6.45, 7) is 6.47. The van der Waals surface area contributed by atoms with Crippen LogP contribution >= 0.6 is 0 Å². The van der Waals surface area contributed by atoms with Crippen molar-refractivity contribution in [1.29, 1.82) is 0 Å². The molecule has 0 aliphatic rings. The lowest BCUT2D eigenvalue weighted by molar-refractivity contribution is 0.0951. The van der Waals surface area contributed by atoms with Gasteiger partial charge in [0.2, 0.25) is 0 Å². The van der Waals surface area contributed by atoms with Gasteiger partial charge in [0.05, 0.1) is 18.4 Å². The Labute approximate surface area is 101 Å². The summed E-state index contributed by atoms with van der Waals surface area (Å²) >= 11 is 0. The number of hydrogen-bond donors (Lipinski definition) is 2. The molecule has 0 unspecified atom stereocenters. The van der Waals surface area contributed by atoms with Crippen molar-refractivity contribution >= 4 is 11.6 Å². The molecule has 17 heavy (non-hydrogen) atoms. The normalized spacial score (nSPS) is 9.71. The van der Waals surface area contributed by atoms with Gasteiger partial charge in [0.15, 0.2) is 0 Å². The summed E-state index contributed by atoms with van der Waals surface area (Å²) < 4.78 is 4.95. The second-order valence-electron chi connectivity index (χ2n) is 3.74. The summed E-state index contributed by atoms with van der Waals surface area (Å²) in [4.78, 5) is 11.8. The van der Waals surface area contributed by atoms with Crippen molar-refractivity contribution in [2.75, 3.05) is 18.9 Å². The molecule has 0 heterocycles. The number of carbonyl (C=O) groups excluding carboxylic acids is 1. The molecule has 1 rings (SSSR count). The average Bonchev–Trinajstić information content (AvgIpc) is 2.32. The van der Waals surface area contributed by atoms with Crippen LogP contribution in [0.1, 0.15) is 22.3 Å². The first kappa shape index (κ1) is 13.1. The van der Waals surface area contributed by atoms with E-state index in [0.29, 0.717) is 24.4 Å². The number of ether oxygens (including phenoxy) is 1. The van der Waals surface area contributed by atoms with E-state index < -0.39 is 0 Å². The lowest BCUT2D eigenvalue weighted by atomic mass is 10.1. The molecule has 0 aliphatic carbocycles. The molecule has 1 aromatic carbocycles. The zero-order chi connectivity index (χ0) is 12.7. The van der Waals surface area contributed by atoms with Crippen LogP contribution in [-0.4, -0.2) is 19.1 Å². The molecule has 1 aromatic rings. The Kier molecular flexibility index (Phi) is 5.07. The van der Waals surface area contributed by atoms with Crippen molar-refractivity contribution in [3.63, 3.8) is 0 Å². The molecule has 92 valence electrons. The first-order valence-electron chi connectivity index (χ1n) is 5.52. The number of nitrogens with one attached hydrogen (secondary N) is 1. The van der Waals surface area contributed by atoms with Gasteiger partial charge in [-0.1, -0.05) is 18.2 Å². The number of aryl methyl sites for hydroxylation is 1. The molecule has 1 amide bonds. The lowest BCUT2D eigenvalue weighted by Crippen LogP contribution is -2.26. The molecule has 4 heteroatoms. The number of carbonyl (C=O) groups is 1. The van der Waals surface area contributed by atoms with Crippen LogP contribution in [0.25, 0.3) is 0 Å². The second kappa shape index (κ2) is 6.58. The van der Waals surface area contributed by atoms with E-state index in [1.54, 1.807) is 12.1 Å². The van der Waals surface area contributed by atoms with E-state index in [1.165, 1.54) is 6.26 Å². The van der Waals surface area contributed by atoms with E-state index in [1.807, 2.05) is 13.0 Å². The van der Waals surface area contributed by atoms with Crippen molar-refractivity contribution in [2.45, 2.75) is 13.3 Å². The minimum absolute atomic E-state index is 0.148. The third-order valence-corrected chi connectivity index (χ3v) is 2.30. The van der Waals surface area contributed by atoms with Gasteiger partial charge in [-0.15, -0.1) is 0 Å². The van der Waals surface area contributed by atoms with E-state index in [2.05, 4.69) is 11.9 Å². The average molecular weight is 234 g/mol. The zero-order valence-corrected chi connectivity index (χ0v) is 10.0. The second-order valence-corrected chi connectivity index (χ2v) is 3.74. The molecular formula is C13H18N2O2. The number of hydrogen-bond acceptors (Lipinski definition) is 3. The number of amides is 1. The summed E-state index contributed by atoms with van der Waals surface area (Å²) in [6.07, 6.45) is 2.13. The van der Waals surface area contributed by atoms with E-state index in [9.17, 15) is 4.79 Å². The van der Waals surface area contributed by atoms with Crippen LogP contribution in [0.15, 0.2) is 31.0 Å². The Balaban J connectivity index is 2.46. The Morgan fingerprint density at radius 1 is 1.59 bits per heavy atom. The molecule has 0 bridgehead atoms. The molecule has 3 N–H and O–H groups in total. The summed E-state index contributed by atoms with van der Waals surface area (Å²) in [7, 11) is 0. The quantitative estimate of drug-likeness (QED) is 0.448. The highest BCUT2D eigenvalue weighted by Gasteiger charge is 2.08. The van der Waals surface area contributed by atoms with Gasteiger partial charge in [0.1, 0.15) is 0 Å². The maximum Gasteiger partial charge on any atom is 0.253 e. The molecule has 0 fully saturated rings. The van der Waals surface area contributed by atoms with Crippen LogP contribution in [0.2, 0.25) is 0 Å². The van der Waals surface area contributed by atoms with Gasteiger partial charge in [0.25, 0.3) is 5.91 Å². The highest BCUT2D eigenvalue weighted by atomic mass is 16.5. The third kappa shape index (κ3) is 4.18. The zero-order valence-electron chi connectivity index (χ0n) is 10.0. The van der Waals surface area contributed by atoms with E-state index in [4.69, 9.17) is 10.5 Å². The monoisotopic (exact) mass is 234 g/mol. The first-order chi connectivity index (χ1) is 8.15. The van der Waals surface area contributed by atoms with Gasteiger partial charge in [-0.2, -0.15) is 0 Å². The highest BCUT2D eigenvalue weighted by molar-refractivity contribution is 5.99. The molecule has 0 spiro atoms. The van der Waals surface area contributed by atoms with Gasteiger partial charge in [-0.3, -0.25) is 4.79 Å². The molecule has 0 atom stereocenters. The van der Waals surface area contributed by atoms with Gasteiger partial charge >= 0.3 is 0 Å². The molecule has 0 aliphatic heterocycles. The smallest absolute Gasteiger partial charge is 0.253 e. The van der Waals surface area contributed by atoms with Crippen LogP contribution in [0.5, 0.6) is 0 Å². The Morgan fingerprint density at radius 3 is 3.06 bits per heavy atom. The largest absolute Gasteiger partial charge is 0.502 e. The molecule has 0 saturated carbocycles. The fourth-order valence-electron chi connectivity index (χ4n) is 1.40. The first-order valence-corrected chi connectivity index (χ1v) is 5.52. The molecule has 0 radical (unpaired) electrons. The van der Waals surface area contributed by atoms with Crippen LogP contribution in [0.3, 0.4) is 0 Å². The van der Waals surface area contributed by atoms with Gasteiger partial charge in [-0.25, -0.2) is 0 Å². The third-order valence-electron chi connectivity index (χ3n) is 2.30. The maximum absolute atomic E-state index is 11.8. The summed E-state index contributed by atoms with van der Waals surface area (Å²) in [6, 6.07) is 5.40. The topological polar surface area (TPSA) is 64.3 Å². The van der Waals surface area contributed by atoms with E-state index >= 15 is 0 Å². The Morgan fingerprint density at radius 2 is 2.35 bits per heavy atom. The molecule has 0 aromatic heterocycles. The predicted molar refractivity (Wildman–Crippen MR) is 68.7 cm³/mol. The van der Waals surface area contributed by atoms with Gasteiger partial charge in [-0.05, 0) is 25.5 Å². The van der Waals surface area contributed by atoms with Gasteiger partial charge < -0.3 is 15.8 Å². The van der Waals surface area contributed by atoms with Crippen LogP contribution < -0.4 is 11.1 Å². The molecule has 0 saturated heterocycles. The number of rotatable bonds is 6. The number of benzene rings is 1. The summed E-state index contributed by atoms with van der Waals surface area (Å²) in [5.74, 6) is -0.148.